The molecule has 1 aliphatic heterocycles. The molecule has 0 radical (unpaired) electrons. The summed E-state index contributed by atoms with van der Waals surface area (Å²) in [5.41, 5.74) is 0.679. The van der Waals surface area contributed by atoms with Gasteiger partial charge in [0.05, 0.1) is 17.3 Å². The van der Waals surface area contributed by atoms with Crippen LogP contribution in [0.2, 0.25) is 0 Å². The monoisotopic (exact) mass is 303 g/mol. The van der Waals surface area contributed by atoms with Gasteiger partial charge >= 0.3 is 0 Å². The van der Waals surface area contributed by atoms with E-state index in [9.17, 15) is 5.11 Å². The van der Waals surface area contributed by atoms with E-state index < -0.39 is 0 Å². The zero-order valence-corrected chi connectivity index (χ0v) is 12.0. The number of rotatable bonds is 3. The number of furan rings is 1. The molecule has 4 nitrogen and oxygen atoms in total. The van der Waals surface area contributed by atoms with E-state index in [2.05, 4.69) is 34.7 Å². The molecule has 0 saturated carbocycles. The van der Waals surface area contributed by atoms with Crippen molar-refractivity contribution in [2.75, 3.05) is 18.6 Å². The van der Waals surface area contributed by atoms with Gasteiger partial charge in [0, 0.05) is 13.7 Å². The van der Waals surface area contributed by atoms with Crippen LogP contribution >= 0.6 is 15.9 Å². The lowest BCUT2D eigenvalue weighted by molar-refractivity contribution is 0.00189. The summed E-state index contributed by atoms with van der Waals surface area (Å²) < 4.78 is 11.2. The summed E-state index contributed by atoms with van der Waals surface area (Å²) in [6.45, 7) is 5.13. The Morgan fingerprint density at radius 3 is 2.82 bits per heavy atom. The third-order valence-corrected chi connectivity index (χ3v) is 4.33. The standard InChI is InChI=1S/C12H18BrNO3/c1-12(2,16-3)9-5-4-6-14(9)8-7-17-11(15)10(8)13/h7,9,15H,4-6H2,1-3H3/t9-/m0/s1. The molecule has 0 amide bonds. The highest BCUT2D eigenvalue weighted by Crippen LogP contribution is 2.41. The normalized spacial score (nSPS) is 21.2. The Bertz CT molecular complexity index is 402. The topological polar surface area (TPSA) is 45.8 Å². The molecular formula is C12H18BrNO3. The van der Waals surface area contributed by atoms with Crippen LogP contribution in [0.3, 0.4) is 0 Å². The van der Waals surface area contributed by atoms with E-state index >= 15 is 0 Å². The molecule has 1 N–H and O–H groups in total. The smallest absolute Gasteiger partial charge is 0.298 e. The molecule has 2 heterocycles. The third-order valence-electron chi connectivity index (χ3n) is 3.59. The predicted molar refractivity (Wildman–Crippen MR) is 69.5 cm³/mol. The lowest BCUT2D eigenvalue weighted by Crippen LogP contribution is -2.47. The molecule has 1 atom stereocenters. The van der Waals surface area contributed by atoms with Crippen molar-refractivity contribution in [3.05, 3.63) is 10.7 Å². The summed E-state index contributed by atoms with van der Waals surface area (Å²) in [5, 5.41) is 9.48. The predicted octanol–water partition coefficient (Wildman–Crippen LogP) is 3.14. The van der Waals surface area contributed by atoms with Gasteiger partial charge in [0.25, 0.3) is 5.95 Å². The van der Waals surface area contributed by atoms with E-state index in [0.29, 0.717) is 10.5 Å². The van der Waals surface area contributed by atoms with Crippen LogP contribution in [0.15, 0.2) is 15.2 Å². The van der Waals surface area contributed by atoms with Crippen molar-refractivity contribution in [3.8, 4) is 5.95 Å². The molecule has 17 heavy (non-hydrogen) atoms. The van der Waals surface area contributed by atoms with E-state index in [1.54, 1.807) is 13.4 Å². The van der Waals surface area contributed by atoms with Gasteiger partial charge in [-0.05, 0) is 42.6 Å². The lowest BCUT2D eigenvalue weighted by Gasteiger charge is -2.37. The van der Waals surface area contributed by atoms with Gasteiger partial charge in [-0.25, -0.2) is 0 Å². The minimum absolute atomic E-state index is 0.0686. The molecule has 96 valence electrons. The van der Waals surface area contributed by atoms with Gasteiger partial charge in [-0.2, -0.15) is 0 Å². The van der Waals surface area contributed by atoms with E-state index in [0.717, 1.165) is 25.1 Å². The first kappa shape index (κ1) is 12.8. The van der Waals surface area contributed by atoms with Gasteiger partial charge in [0.2, 0.25) is 0 Å². The molecule has 2 rings (SSSR count). The third kappa shape index (κ3) is 2.18. The minimum Gasteiger partial charge on any atom is -0.480 e. The number of nitrogens with zero attached hydrogens (tertiary/aromatic N) is 1. The highest BCUT2D eigenvalue weighted by atomic mass is 79.9. The zero-order valence-electron chi connectivity index (χ0n) is 10.4. The Morgan fingerprint density at radius 2 is 2.29 bits per heavy atom. The van der Waals surface area contributed by atoms with Gasteiger partial charge in [-0.15, -0.1) is 0 Å². The molecule has 0 unspecified atom stereocenters. The molecule has 1 saturated heterocycles. The highest BCUT2D eigenvalue weighted by Gasteiger charge is 2.39. The van der Waals surface area contributed by atoms with Crippen molar-refractivity contribution in [2.24, 2.45) is 0 Å². The molecular weight excluding hydrogens is 286 g/mol. The van der Waals surface area contributed by atoms with Crippen LogP contribution in [0.25, 0.3) is 0 Å². The van der Waals surface area contributed by atoms with Crippen molar-refractivity contribution in [1.29, 1.82) is 0 Å². The number of hydrogen-bond donors (Lipinski definition) is 1. The highest BCUT2D eigenvalue weighted by molar-refractivity contribution is 9.10. The van der Waals surface area contributed by atoms with Gasteiger partial charge in [0.1, 0.15) is 10.7 Å². The number of aromatic hydroxyl groups is 1. The molecule has 0 aromatic carbocycles. The average Bonchev–Trinajstić information content (AvgIpc) is 2.88. The van der Waals surface area contributed by atoms with E-state index in [1.807, 2.05) is 0 Å². The Kier molecular flexibility index (Phi) is 3.41. The summed E-state index contributed by atoms with van der Waals surface area (Å²) in [6.07, 6.45) is 3.79. The molecule has 0 spiro atoms. The van der Waals surface area contributed by atoms with Crippen molar-refractivity contribution in [2.45, 2.75) is 38.3 Å². The molecule has 5 heteroatoms. The molecule has 1 aliphatic rings. The van der Waals surface area contributed by atoms with Crippen molar-refractivity contribution >= 4 is 21.6 Å². The molecule has 0 bridgehead atoms. The summed E-state index contributed by atoms with van der Waals surface area (Å²) in [5.74, 6) is -0.0686. The largest absolute Gasteiger partial charge is 0.480 e. The molecule has 1 fully saturated rings. The fraction of sp³-hybridized carbons (Fsp3) is 0.667. The summed E-state index contributed by atoms with van der Waals surface area (Å²) in [4.78, 5) is 2.23. The maximum atomic E-state index is 9.48. The minimum atomic E-state index is -0.219. The maximum absolute atomic E-state index is 9.48. The van der Waals surface area contributed by atoms with Crippen molar-refractivity contribution in [1.82, 2.24) is 0 Å². The quantitative estimate of drug-likeness (QED) is 0.932. The number of hydrogen-bond acceptors (Lipinski definition) is 4. The maximum Gasteiger partial charge on any atom is 0.298 e. The van der Waals surface area contributed by atoms with Gasteiger partial charge in [0.15, 0.2) is 0 Å². The fourth-order valence-corrected chi connectivity index (χ4v) is 2.85. The number of methoxy groups -OCH3 is 1. The van der Waals surface area contributed by atoms with Crippen LogP contribution < -0.4 is 4.90 Å². The Morgan fingerprint density at radius 1 is 1.59 bits per heavy atom. The number of anilines is 1. The van der Waals surface area contributed by atoms with E-state index in [1.165, 1.54) is 0 Å². The Hall–Kier alpha value is -0.680. The first-order valence-corrected chi connectivity index (χ1v) is 6.54. The van der Waals surface area contributed by atoms with Crippen molar-refractivity contribution in [3.63, 3.8) is 0 Å². The van der Waals surface area contributed by atoms with Gasteiger partial charge in [-0.1, -0.05) is 0 Å². The van der Waals surface area contributed by atoms with Gasteiger partial charge in [-0.3, -0.25) is 0 Å². The van der Waals surface area contributed by atoms with Gasteiger partial charge < -0.3 is 19.2 Å². The second-order valence-electron chi connectivity index (χ2n) is 4.90. The van der Waals surface area contributed by atoms with Crippen LogP contribution in [0.1, 0.15) is 26.7 Å². The van der Waals surface area contributed by atoms with Crippen LogP contribution in [-0.2, 0) is 4.74 Å². The molecule has 1 aromatic rings. The SMILES string of the molecule is COC(C)(C)[C@@H]1CCCN1c1coc(O)c1Br. The lowest BCUT2D eigenvalue weighted by atomic mass is 9.96. The zero-order chi connectivity index (χ0) is 12.6. The van der Waals surface area contributed by atoms with Crippen LogP contribution in [0.5, 0.6) is 5.95 Å². The van der Waals surface area contributed by atoms with E-state index in [4.69, 9.17) is 9.15 Å². The van der Waals surface area contributed by atoms with Crippen LogP contribution in [0, 0.1) is 0 Å². The summed E-state index contributed by atoms with van der Waals surface area (Å²) >= 11 is 3.35. The summed E-state index contributed by atoms with van der Waals surface area (Å²) in [7, 11) is 1.73. The van der Waals surface area contributed by atoms with Crippen LogP contribution in [-0.4, -0.2) is 30.4 Å². The molecule has 0 aliphatic carbocycles. The second-order valence-corrected chi connectivity index (χ2v) is 5.69. The van der Waals surface area contributed by atoms with Crippen molar-refractivity contribution < 1.29 is 14.3 Å². The Balaban J connectivity index is 2.29. The van der Waals surface area contributed by atoms with Crippen LogP contribution in [0.4, 0.5) is 5.69 Å². The number of ether oxygens (including phenoxy) is 1. The number of halogens is 1. The Labute approximate surface area is 110 Å². The fourth-order valence-electron chi connectivity index (χ4n) is 2.43. The van der Waals surface area contributed by atoms with E-state index in [-0.39, 0.29) is 11.5 Å². The average molecular weight is 304 g/mol. The first-order chi connectivity index (χ1) is 7.97. The first-order valence-electron chi connectivity index (χ1n) is 5.75. The molecule has 1 aromatic heterocycles. The summed E-state index contributed by atoms with van der Waals surface area (Å²) in [6, 6.07) is 0.292. The second kappa shape index (κ2) is 4.53.